The van der Waals surface area contributed by atoms with Crippen LogP contribution in [0.3, 0.4) is 0 Å². The zero-order chi connectivity index (χ0) is 47.9. The van der Waals surface area contributed by atoms with Gasteiger partial charge >= 0.3 is 17.9 Å². The second-order valence-electron chi connectivity index (χ2n) is 18.5. The van der Waals surface area contributed by atoms with Gasteiger partial charge in [0.2, 0.25) is 0 Å². The number of hydrogen-bond donors (Lipinski definition) is 0. The molecule has 0 bridgehead atoms. The van der Waals surface area contributed by atoms with Crippen molar-refractivity contribution in [2.45, 2.75) is 277 Å². The Labute approximate surface area is 408 Å². The normalized spacial score (nSPS) is 12.6. The van der Waals surface area contributed by atoms with Crippen molar-refractivity contribution in [3.8, 4) is 0 Å². The van der Waals surface area contributed by atoms with Crippen LogP contribution in [0.1, 0.15) is 271 Å². The molecular formula is C60H104O6. The molecular weight excluding hydrogens is 817 g/mol. The van der Waals surface area contributed by atoms with Crippen LogP contribution in [0, 0.1) is 0 Å². The largest absolute Gasteiger partial charge is 0.462 e. The predicted octanol–water partition coefficient (Wildman–Crippen LogP) is 18.6. The Morgan fingerprint density at radius 3 is 1.03 bits per heavy atom. The molecule has 0 heterocycles. The molecule has 0 spiro atoms. The highest BCUT2D eigenvalue weighted by molar-refractivity contribution is 5.71. The maximum absolute atomic E-state index is 12.8. The minimum atomic E-state index is -0.806. The van der Waals surface area contributed by atoms with E-state index in [0.29, 0.717) is 19.3 Å². The van der Waals surface area contributed by atoms with Crippen LogP contribution in [-0.4, -0.2) is 37.2 Å². The molecule has 6 nitrogen and oxygen atoms in total. The molecule has 0 aromatic heterocycles. The van der Waals surface area contributed by atoms with Gasteiger partial charge in [-0.3, -0.25) is 14.4 Å². The fourth-order valence-corrected chi connectivity index (χ4v) is 7.74. The summed E-state index contributed by atoms with van der Waals surface area (Å²) in [5, 5.41) is 0. The Bertz CT molecular complexity index is 1240. The van der Waals surface area contributed by atoms with Gasteiger partial charge in [-0.05, 0) is 96.3 Å². The summed E-state index contributed by atoms with van der Waals surface area (Å²) in [4.78, 5) is 38.0. The zero-order valence-corrected chi connectivity index (χ0v) is 43.4. The van der Waals surface area contributed by atoms with Crippen molar-refractivity contribution in [3.63, 3.8) is 0 Å². The number of rotatable bonds is 50. The van der Waals surface area contributed by atoms with Crippen molar-refractivity contribution >= 4 is 17.9 Å². The molecule has 0 saturated carbocycles. The summed E-state index contributed by atoms with van der Waals surface area (Å²) in [7, 11) is 0. The molecule has 0 radical (unpaired) electrons. The summed E-state index contributed by atoms with van der Waals surface area (Å²) < 4.78 is 16.8. The summed E-state index contributed by atoms with van der Waals surface area (Å²) in [5.74, 6) is -0.982. The van der Waals surface area contributed by atoms with Crippen molar-refractivity contribution in [1.82, 2.24) is 0 Å². The van der Waals surface area contributed by atoms with Crippen molar-refractivity contribution in [2.75, 3.05) is 13.2 Å². The molecule has 0 aliphatic heterocycles. The van der Waals surface area contributed by atoms with Gasteiger partial charge in [-0.2, -0.15) is 0 Å². The molecule has 0 amide bonds. The highest BCUT2D eigenvalue weighted by Crippen LogP contribution is 2.14. The number of ether oxygens (including phenoxy) is 3. The minimum Gasteiger partial charge on any atom is -0.462 e. The van der Waals surface area contributed by atoms with Crippen molar-refractivity contribution in [1.29, 1.82) is 0 Å². The topological polar surface area (TPSA) is 78.9 Å². The van der Waals surface area contributed by atoms with Crippen LogP contribution in [0.15, 0.2) is 72.9 Å². The van der Waals surface area contributed by atoms with E-state index in [0.717, 1.165) is 83.5 Å². The van der Waals surface area contributed by atoms with Crippen molar-refractivity contribution in [3.05, 3.63) is 72.9 Å². The van der Waals surface area contributed by atoms with E-state index < -0.39 is 6.10 Å². The van der Waals surface area contributed by atoms with E-state index >= 15 is 0 Å². The molecule has 0 rings (SSSR count). The first kappa shape index (κ1) is 62.8. The summed E-state index contributed by atoms with van der Waals surface area (Å²) in [5.41, 5.74) is 0. The van der Waals surface area contributed by atoms with Crippen LogP contribution in [0.2, 0.25) is 0 Å². The van der Waals surface area contributed by atoms with Crippen LogP contribution in [-0.2, 0) is 28.6 Å². The van der Waals surface area contributed by atoms with E-state index in [1.165, 1.54) is 141 Å². The number of carbonyl (C=O) groups is 3. The highest BCUT2D eigenvalue weighted by Gasteiger charge is 2.19. The molecule has 0 fully saturated rings. The molecule has 0 aliphatic carbocycles. The third-order valence-electron chi connectivity index (χ3n) is 11.9. The van der Waals surface area contributed by atoms with Crippen LogP contribution in [0.25, 0.3) is 0 Å². The maximum atomic E-state index is 12.8. The summed E-state index contributed by atoms with van der Waals surface area (Å²) in [6, 6.07) is 0. The lowest BCUT2D eigenvalue weighted by molar-refractivity contribution is -0.166. The third kappa shape index (κ3) is 51.8. The van der Waals surface area contributed by atoms with Crippen molar-refractivity contribution < 1.29 is 28.6 Å². The van der Waals surface area contributed by atoms with E-state index in [1.807, 2.05) is 6.08 Å². The Morgan fingerprint density at radius 1 is 0.318 bits per heavy atom. The number of allylic oxidation sites excluding steroid dienone is 12. The van der Waals surface area contributed by atoms with E-state index in [4.69, 9.17) is 14.2 Å². The maximum Gasteiger partial charge on any atom is 0.306 e. The fourth-order valence-electron chi connectivity index (χ4n) is 7.74. The second-order valence-corrected chi connectivity index (χ2v) is 18.5. The molecule has 1 unspecified atom stereocenters. The van der Waals surface area contributed by atoms with E-state index in [1.54, 1.807) is 0 Å². The predicted molar refractivity (Wildman–Crippen MR) is 284 cm³/mol. The zero-order valence-electron chi connectivity index (χ0n) is 43.4. The van der Waals surface area contributed by atoms with Gasteiger partial charge < -0.3 is 14.2 Å². The van der Waals surface area contributed by atoms with Gasteiger partial charge in [0.05, 0.1) is 0 Å². The van der Waals surface area contributed by atoms with Gasteiger partial charge in [0, 0.05) is 19.3 Å². The lowest BCUT2D eigenvalue weighted by Gasteiger charge is -2.18. The first-order valence-corrected chi connectivity index (χ1v) is 27.9. The fraction of sp³-hybridized carbons (Fsp3) is 0.750. The van der Waals surface area contributed by atoms with Crippen molar-refractivity contribution in [2.24, 2.45) is 0 Å². The highest BCUT2D eigenvalue weighted by atomic mass is 16.6. The molecule has 0 N–H and O–H groups in total. The number of unbranched alkanes of at least 4 members (excludes halogenated alkanes) is 27. The molecule has 0 saturated heterocycles. The van der Waals surface area contributed by atoms with Gasteiger partial charge in [0.1, 0.15) is 13.2 Å². The Hall–Kier alpha value is -3.15. The quantitative estimate of drug-likeness (QED) is 0.0262. The third-order valence-corrected chi connectivity index (χ3v) is 11.9. The van der Waals surface area contributed by atoms with Crippen LogP contribution < -0.4 is 0 Å². The molecule has 1 atom stereocenters. The molecule has 66 heavy (non-hydrogen) atoms. The molecule has 0 aliphatic rings. The summed E-state index contributed by atoms with van der Waals surface area (Å²) >= 11 is 0. The average Bonchev–Trinajstić information content (AvgIpc) is 3.31. The number of carbonyl (C=O) groups excluding carboxylic acids is 3. The van der Waals surface area contributed by atoms with E-state index in [2.05, 4.69) is 87.6 Å². The first-order valence-electron chi connectivity index (χ1n) is 27.9. The molecule has 380 valence electrons. The lowest BCUT2D eigenvalue weighted by Crippen LogP contribution is -2.30. The Morgan fingerprint density at radius 2 is 0.621 bits per heavy atom. The first-order chi connectivity index (χ1) is 32.5. The lowest BCUT2D eigenvalue weighted by atomic mass is 10.1. The number of hydrogen-bond acceptors (Lipinski definition) is 6. The van der Waals surface area contributed by atoms with E-state index in [9.17, 15) is 14.4 Å². The average molecular weight is 921 g/mol. The second kappa shape index (κ2) is 54.5. The summed E-state index contributed by atoms with van der Waals surface area (Å²) in [6.07, 6.45) is 69.0. The summed E-state index contributed by atoms with van der Waals surface area (Å²) in [6.45, 7) is 6.47. The Balaban J connectivity index is 4.42. The van der Waals surface area contributed by atoms with Crippen LogP contribution in [0.5, 0.6) is 0 Å². The van der Waals surface area contributed by atoms with Gasteiger partial charge in [0.15, 0.2) is 6.10 Å². The molecule has 0 aromatic carbocycles. The van der Waals surface area contributed by atoms with E-state index in [-0.39, 0.29) is 37.5 Å². The van der Waals surface area contributed by atoms with Crippen LogP contribution in [0.4, 0.5) is 0 Å². The number of esters is 3. The van der Waals surface area contributed by atoms with Gasteiger partial charge in [-0.25, -0.2) is 0 Å². The van der Waals surface area contributed by atoms with Gasteiger partial charge in [-0.1, -0.05) is 229 Å². The van der Waals surface area contributed by atoms with Gasteiger partial charge in [-0.15, -0.1) is 0 Å². The standard InChI is InChI=1S/C60H104O6/c1-4-7-10-13-16-19-22-25-27-29-30-31-33-35-38-41-44-47-50-53-59(62)65-56-57(55-64-58(61)52-49-46-43-40-37-34-24-21-18-15-12-9-6-3)66-60(63)54-51-48-45-42-39-36-32-28-26-23-20-17-14-11-8-5-2/h8,11,17,20,26,28-30,34,37,43,46,57H,4-7,9-10,12-16,18-19,21-25,27,31-33,35-36,38-42,44-45,47-56H2,1-3H3/b11-8-,20-17-,28-26-,30-29-,37-34-,46-43-. The monoisotopic (exact) mass is 921 g/mol. The SMILES string of the molecule is CC/C=C\C/C=C\C/C=C\CCCCCCCCC(=O)OC(COC(=O)CC/C=C\C/C=C\CCCCCCCC)COC(=O)CCCCCCCCC/C=C\CCCCCCCCCC. The Kier molecular flexibility index (Phi) is 51.9. The smallest absolute Gasteiger partial charge is 0.306 e. The van der Waals surface area contributed by atoms with Gasteiger partial charge in [0.25, 0.3) is 0 Å². The molecule has 6 heteroatoms. The molecule has 0 aromatic rings. The van der Waals surface area contributed by atoms with Crippen LogP contribution >= 0.6 is 0 Å². The minimum absolute atomic E-state index is 0.0998.